The second kappa shape index (κ2) is 6.67. The van der Waals surface area contributed by atoms with Gasteiger partial charge in [0.15, 0.2) is 0 Å². The summed E-state index contributed by atoms with van der Waals surface area (Å²) in [5.41, 5.74) is 2.08. The molecule has 3 rings (SSSR count). The largest absolute Gasteiger partial charge is 0.494 e. The number of carbonyl (C=O) groups is 1. The third kappa shape index (κ3) is 3.60. The Morgan fingerprint density at radius 2 is 1.83 bits per heavy atom. The van der Waals surface area contributed by atoms with E-state index < -0.39 is 0 Å². The molecular weight excluding hydrogens is 312 g/mol. The summed E-state index contributed by atoms with van der Waals surface area (Å²) >= 11 is 5.87. The van der Waals surface area contributed by atoms with Crippen LogP contribution in [0.3, 0.4) is 0 Å². The van der Waals surface area contributed by atoms with Gasteiger partial charge in [-0.05, 0) is 55.0 Å². The minimum absolute atomic E-state index is 0.219. The number of rotatable bonds is 4. The van der Waals surface area contributed by atoms with Crippen molar-refractivity contribution in [3.8, 4) is 5.75 Å². The summed E-state index contributed by atoms with van der Waals surface area (Å²) in [5.74, 6) is 1.11. The van der Waals surface area contributed by atoms with Gasteiger partial charge in [-0.2, -0.15) is 0 Å². The summed E-state index contributed by atoms with van der Waals surface area (Å²) in [4.78, 5) is 16.4. The number of ether oxygens (including phenoxy) is 1. The fourth-order valence-corrected chi connectivity index (χ4v) is 2.32. The molecule has 5 heteroatoms. The predicted octanol–water partition coefficient (Wildman–Crippen LogP) is 3.66. The van der Waals surface area contributed by atoms with Crippen LogP contribution < -0.4 is 10.1 Å². The lowest BCUT2D eigenvalue weighted by atomic mass is 10.2. The van der Waals surface area contributed by atoms with Crippen LogP contribution in [-0.2, 0) is 4.79 Å². The third-order valence-corrected chi connectivity index (χ3v) is 3.56. The fourth-order valence-electron chi connectivity index (χ4n) is 2.20. The summed E-state index contributed by atoms with van der Waals surface area (Å²) in [6.07, 6.45) is 1.74. The van der Waals surface area contributed by atoms with Gasteiger partial charge < -0.3 is 10.1 Å². The normalized spacial score (nSPS) is 15.5. The molecule has 0 aliphatic carbocycles. The van der Waals surface area contributed by atoms with Crippen LogP contribution in [0.2, 0.25) is 5.02 Å². The van der Waals surface area contributed by atoms with Gasteiger partial charge >= 0.3 is 0 Å². The molecule has 2 aromatic rings. The Hall–Kier alpha value is -2.59. The van der Waals surface area contributed by atoms with Gasteiger partial charge in [-0.15, -0.1) is 0 Å². The highest BCUT2D eigenvalue weighted by molar-refractivity contribution is 6.30. The van der Waals surface area contributed by atoms with Crippen molar-refractivity contribution in [1.29, 1.82) is 0 Å². The average Bonchev–Trinajstić information content (AvgIpc) is 2.91. The van der Waals surface area contributed by atoms with E-state index in [0.717, 1.165) is 16.9 Å². The molecule has 1 heterocycles. The molecule has 0 saturated heterocycles. The Morgan fingerprint density at radius 3 is 2.48 bits per heavy atom. The molecule has 0 saturated carbocycles. The summed E-state index contributed by atoms with van der Waals surface area (Å²) in [6, 6.07) is 14.7. The van der Waals surface area contributed by atoms with Gasteiger partial charge in [0, 0.05) is 10.6 Å². The smallest absolute Gasteiger partial charge is 0.275 e. The monoisotopic (exact) mass is 326 g/mol. The molecule has 1 amide bonds. The molecule has 4 nitrogen and oxygen atoms in total. The van der Waals surface area contributed by atoms with Crippen LogP contribution in [0.1, 0.15) is 18.1 Å². The maximum Gasteiger partial charge on any atom is 0.275 e. The molecule has 0 bridgehead atoms. The van der Waals surface area contributed by atoms with Crippen LogP contribution >= 0.6 is 11.6 Å². The maximum atomic E-state index is 12.1. The first kappa shape index (κ1) is 15.3. The number of benzene rings is 2. The lowest BCUT2D eigenvalue weighted by molar-refractivity contribution is -0.115. The van der Waals surface area contributed by atoms with Crippen LogP contribution in [-0.4, -0.2) is 18.3 Å². The molecule has 116 valence electrons. The topological polar surface area (TPSA) is 50.7 Å². The summed E-state index contributed by atoms with van der Waals surface area (Å²) in [7, 11) is 0. The number of nitrogens with zero attached hydrogens (tertiary/aromatic N) is 1. The molecule has 1 aliphatic heterocycles. The molecule has 0 atom stereocenters. The number of amidine groups is 1. The number of aliphatic imine (C=N–C) groups is 1. The number of hydrogen-bond acceptors (Lipinski definition) is 3. The first-order valence-corrected chi connectivity index (χ1v) is 7.64. The van der Waals surface area contributed by atoms with E-state index in [1.54, 1.807) is 18.2 Å². The van der Waals surface area contributed by atoms with Crippen molar-refractivity contribution < 1.29 is 9.53 Å². The van der Waals surface area contributed by atoms with Crippen LogP contribution in [0.25, 0.3) is 6.08 Å². The van der Waals surface area contributed by atoms with Crippen LogP contribution in [0.15, 0.2) is 59.2 Å². The fraction of sp³-hybridized carbons (Fsp3) is 0.111. The highest BCUT2D eigenvalue weighted by Crippen LogP contribution is 2.18. The van der Waals surface area contributed by atoms with Crippen molar-refractivity contribution in [3.63, 3.8) is 0 Å². The Kier molecular flexibility index (Phi) is 4.44. The number of carbonyl (C=O) groups excluding carboxylic acids is 1. The van der Waals surface area contributed by atoms with Crippen LogP contribution in [0.5, 0.6) is 5.75 Å². The van der Waals surface area contributed by atoms with E-state index in [1.165, 1.54) is 0 Å². The van der Waals surface area contributed by atoms with Crippen molar-refractivity contribution in [1.82, 2.24) is 5.32 Å². The van der Waals surface area contributed by atoms with E-state index in [0.29, 0.717) is 23.2 Å². The highest BCUT2D eigenvalue weighted by atomic mass is 35.5. The zero-order chi connectivity index (χ0) is 16.2. The van der Waals surface area contributed by atoms with Gasteiger partial charge in [0.05, 0.1) is 6.61 Å². The van der Waals surface area contributed by atoms with E-state index in [4.69, 9.17) is 16.3 Å². The third-order valence-electron chi connectivity index (χ3n) is 3.31. The van der Waals surface area contributed by atoms with Gasteiger partial charge in [-0.3, -0.25) is 4.79 Å². The van der Waals surface area contributed by atoms with E-state index in [-0.39, 0.29) is 5.91 Å². The molecule has 0 spiro atoms. The van der Waals surface area contributed by atoms with Crippen molar-refractivity contribution in [2.24, 2.45) is 4.99 Å². The summed E-state index contributed by atoms with van der Waals surface area (Å²) in [6.45, 7) is 2.56. The summed E-state index contributed by atoms with van der Waals surface area (Å²) in [5, 5.41) is 3.41. The van der Waals surface area contributed by atoms with E-state index in [2.05, 4.69) is 10.3 Å². The zero-order valence-corrected chi connectivity index (χ0v) is 13.3. The van der Waals surface area contributed by atoms with E-state index >= 15 is 0 Å². The SMILES string of the molecule is CCOc1ccc(/C=C2/N=C(c3ccc(Cl)cc3)NC2=O)cc1. The molecule has 1 N–H and O–H groups in total. The lowest BCUT2D eigenvalue weighted by Crippen LogP contribution is -2.24. The van der Waals surface area contributed by atoms with Gasteiger partial charge in [0.1, 0.15) is 17.3 Å². The Morgan fingerprint density at radius 1 is 1.13 bits per heavy atom. The quantitative estimate of drug-likeness (QED) is 0.872. The molecule has 1 aliphatic rings. The Balaban J connectivity index is 1.84. The lowest BCUT2D eigenvalue weighted by Gasteiger charge is -2.02. The van der Waals surface area contributed by atoms with Crippen LogP contribution in [0, 0.1) is 0 Å². The zero-order valence-electron chi connectivity index (χ0n) is 12.5. The molecule has 2 aromatic carbocycles. The molecule has 0 radical (unpaired) electrons. The minimum atomic E-state index is -0.219. The van der Waals surface area contributed by atoms with Crippen LogP contribution in [0.4, 0.5) is 0 Å². The number of hydrogen-bond donors (Lipinski definition) is 1. The summed E-state index contributed by atoms with van der Waals surface area (Å²) < 4.78 is 5.40. The first-order valence-electron chi connectivity index (χ1n) is 7.26. The Bertz CT molecular complexity index is 778. The molecule has 0 fully saturated rings. The van der Waals surface area contributed by atoms with Gasteiger partial charge in [0.25, 0.3) is 5.91 Å². The second-order valence-corrected chi connectivity index (χ2v) is 5.39. The predicted molar refractivity (Wildman–Crippen MR) is 91.7 cm³/mol. The van der Waals surface area contributed by atoms with Gasteiger partial charge in [-0.1, -0.05) is 23.7 Å². The van der Waals surface area contributed by atoms with Gasteiger partial charge in [0.2, 0.25) is 0 Å². The van der Waals surface area contributed by atoms with E-state index in [9.17, 15) is 4.79 Å². The second-order valence-electron chi connectivity index (χ2n) is 4.95. The Labute approximate surface area is 139 Å². The average molecular weight is 327 g/mol. The van der Waals surface area contributed by atoms with Gasteiger partial charge in [-0.25, -0.2) is 4.99 Å². The van der Waals surface area contributed by atoms with Crippen molar-refractivity contribution in [2.45, 2.75) is 6.92 Å². The van der Waals surface area contributed by atoms with E-state index in [1.807, 2.05) is 43.3 Å². The van der Waals surface area contributed by atoms with Crippen molar-refractivity contribution >= 4 is 29.4 Å². The standard InChI is InChI=1S/C18H15ClN2O2/c1-2-23-15-9-3-12(4-10-15)11-16-18(22)21-17(20-16)13-5-7-14(19)8-6-13/h3-11H,2H2,1H3,(H,20,21,22)/b16-11+. The minimum Gasteiger partial charge on any atom is -0.494 e. The first-order chi connectivity index (χ1) is 11.2. The number of nitrogens with one attached hydrogen (secondary N) is 1. The van der Waals surface area contributed by atoms with Crippen molar-refractivity contribution in [2.75, 3.05) is 6.61 Å². The molecular formula is C18H15ClN2O2. The molecule has 0 unspecified atom stereocenters. The van der Waals surface area contributed by atoms with Crippen molar-refractivity contribution in [3.05, 3.63) is 70.4 Å². The maximum absolute atomic E-state index is 12.1. The molecule has 23 heavy (non-hydrogen) atoms. The number of amides is 1. The highest BCUT2D eigenvalue weighted by Gasteiger charge is 2.20. The number of halogens is 1. The molecule has 0 aromatic heterocycles.